The first-order valence-electron chi connectivity index (χ1n) is 9.13. The highest BCUT2D eigenvalue weighted by atomic mass is 16.3. The molecule has 1 amide bonds. The minimum absolute atomic E-state index is 0.127. The summed E-state index contributed by atoms with van der Waals surface area (Å²) in [6.45, 7) is 10.6. The van der Waals surface area contributed by atoms with Crippen molar-refractivity contribution in [1.29, 1.82) is 0 Å². The minimum Gasteiger partial charge on any atom is -0.508 e. The number of carbonyl (C=O) groups is 1. The summed E-state index contributed by atoms with van der Waals surface area (Å²) < 4.78 is 0. The molecular weight excluding hydrogens is 302 g/mol. The van der Waals surface area contributed by atoms with Gasteiger partial charge in [-0.2, -0.15) is 0 Å². The van der Waals surface area contributed by atoms with Gasteiger partial charge in [0.15, 0.2) is 0 Å². The van der Waals surface area contributed by atoms with Gasteiger partial charge >= 0.3 is 0 Å². The van der Waals surface area contributed by atoms with E-state index in [4.69, 9.17) is 0 Å². The van der Waals surface area contributed by atoms with Gasteiger partial charge in [-0.05, 0) is 45.1 Å². The zero-order valence-electron chi connectivity index (χ0n) is 15.0. The van der Waals surface area contributed by atoms with Crippen LogP contribution in [0, 0.1) is 5.92 Å². The van der Waals surface area contributed by atoms with E-state index in [1.54, 1.807) is 6.07 Å². The molecule has 0 aliphatic carbocycles. The first-order valence-corrected chi connectivity index (χ1v) is 9.13. The van der Waals surface area contributed by atoms with Crippen molar-refractivity contribution in [3.63, 3.8) is 0 Å². The second-order valence-corrected chi connectivity index (χ2v) is 6.50. The Morgan fingerprint density at radius 2 is 1.92 bits per heavy atom. The zero-order valence-corrected chi connectivity index (χ0v) is 15.0. The largest absolute Gasteiger partial charge is 0.508 e. The Balaban J connectivity index is 1.70. The molecule has 0 radical (unpaired) electrons. The maximum atomic E-state index is 12.3. The van der Waals surface area contributed by atoms with Crippen LogP contribution in [0.25, 0.3) is 0 Å². The van der Waals surface area contributed by atoms with Crippen LogP contribution >= 0.6 is 0 Å². The number of phenolic OH excluding ortho intramolecular Hbond substituents is 1. The van der Waals surface area contributed by atoms with Gasteiger partial charge < -0.3 is 15.3 Å². The summed E-state index contributed by atoms with van der Waals surface area (Å²) in [5.41, 5.74) is 0.958. The van der Waals surface area contributed by atoms with E-state index in [1.165, 1.54) is 0 Å². The lowest BCUT2D eigenvalue weighted by molar-refractivity contribution is -0.126. The predicted molar refractivity (Wildman–Crippen MR) is 96.9 cm³/mol. The quantitative estimate of drug-likeness (QED) is 0.765. The average Bonchev–Trinajstić information content (AvgIpc) is 2.61. The summed E-state index contributed by atoms with van der Waals surface area (Å²) in [5.74, 6) is 0.681. The Morgan fingerprint density at radius 3 is 2.54 bits per heavy atom. The first-order chi connectivity index (χ1) is 11.6. The van der Waals surface area contributed by atoms with Crippen molar-refractivity contribution in [3.8, 4) is 5.75 Å². The second-order valence-electron chi connectivity index (χ2n) is 6.50. The van der Waals surface area contributed by atoms with Gasteiger partial charge in [0.2, 0.25) is 5.91 Å². The number of amides is 1. The number of aromatic hydroxyl groups is 1. The van der Waals surface area contributed by atoms with Crippen LogP contribution in [-0.4, -0.2) is 60.1 Å². The fourth-order valence-corrected chi connectivity index (χ4v) is 3.26. The molecule has 1 aliphatic rings. The van der Waals surface area contributed by atoms with Gasteiger partial charge in [-0.15, -0.1) is 0 Å². The summed E-state index contributed by atoms with van der Waals surface area (Å²) in [6, 6.07) is 7.48. The predicted octanol–water partition coefficient (Wildman–Crippen LogP) is 2.06. The Kier molecular flexibility index (Phi) is 7.53. The molecule has 1 fully saturated rings. The third-order valence-corrected chi connectivity index (χ3v) is 4.97. The van der Waals surface area contributed by atoms with E-state index in [1.807, 2.05) is 18.2 Å². The smallest absolute Gasteiger partial charge is 0.223 e. The van der Waals surface area contributed by atoms with Crippen LogP contribution in [0.4, 0.5) is 0 Å². The molecule has 0 saturated carbocycles. The molecule has 5 heteroatoms. The molecule has 0 unspecified atom stereocenters. The molecule has 0 atom stereocenters. The number of hydrogen-bond acceptors (Lipinski definition) is 4. The summed E-state index contributed by atoms with van der Waals surface area (Å²) in [5, 5.41) is 13.0. The lowest BCUT2D eigenvalue weighted by atomic mass is 9.95. The van der Waals surface area contributed by atoms with Crippen molar-refractivity contribution in [1.82, 2.24) is 15.1 Å². The van der Waals surface area contributed by atoms with Crippen molar-refractivity contribution < 1.29 is 9.90 Å². The SMILES string of the molecule is CCN(CC)CCNC(=O)C1CCN(Cc2ccccc2O)CC1. The number of nitrogens with zero attached hydrogens (tertiary/aromatic N) is 2. The van der Waals surface area contributed by atoms with Gasteiger partial charge in [0.1, 0.15) is 5.75 Å². The highest BCUT2D eigenvalue weighted by Crippen LogP contribution is 2.22. The van der Waals surface area contributed by atoms with Crippen molar-refractivity contribution in [2.45, 2.75) is 33.2 Å². The molecule has 1 aromatic carbocycles. The van der Waals surface area contributed by atoms with Crippen molar-refractivity contribution >= 4 is 5.91 Å². The van der Waals surface area contributed by atoms with Gasteiger partial charge in [0.25, 0.3) is 0 Å². The van der Waals surface area contributed by atoms with Gasteiger partial charge in [-0.3, -0.25) is 9.69 Å². The lowest BCUT2D eigenvalue weighted by Gasteiger charge is -2.31. The maximum Gasteiger partial charge on any atom is 0.223 e. The third-order valence-electron chi connectivity index (χ3n) is 4.97. The zero-order chi connectivity index (χ0) is 17.4. The molecular formula is C19H31N3O2. The van der Waals surface area contributed by atoms with Crippen LogP contribution in [0.15, 0.2) is 24.3 Å². The highest BCUT2D eigenvalue weighted by Gasteiger charge is 2.25. The molecule has 1 aromatic rings. The third kappa shape index (κ3) is 5.49. The van der Waals surface area contributed by atoms with Gasteiger partial charge in [-0.25, -0.2) is 0 Å². The second kappa shape index (κ2) is 9.64. The number of phenols is 1. The van der Waals surface area contributed by atoms with Crippen LogP contribution in [0.3, 0.4) is 0 Å². The van der Waals surface area contributed by atoms with Crippen LogP contribution < -0.4 is 5.32 Å². The van der Waals surface area contributed by atoms with Crippen molar-refractivity contribution in [2.75, 3.05) is 39.3 Å². The molecule has 5 nitrogen and oxygen atoms in total. The number of likely N-dealkylation sites (tertiary alicyclic amines) is 1. The highest BCUT2D eigenvalue weighted by molar-refractivity contribution is 5.78. The van der Waals surface area contributed by atoms with Crippen molar-refractivity contribution in [3.05, 3.63) is 29.8 Å². The molecule has 0 spiro atoms. The van der Waals surface area contributed by atoms with Crippen LogP contribution in [0.5, 0.6) is 5.75 Å². The van der Waals surface area contributed by atoms with E-state index in [-0.39, 0.29) is 11.8 Å². The summed E-state index contributed by atoms with van der Waals surface area (Å²) in [6.07, 6.45) is 1.79. The Bertz CT molecular complexity index is 509. The van der Waals surface area contributed by atoms with E-state index in [0.717, 1.165) is 64.2 Å². The number of carbonyl (C=O) groups excluding carboxylic acids is 1. The van der Waals surface area contributed by atoms with E-state index >= 15 is 0 Å². The van der Waals surface area contributed by atoms with Gasteiger partial charge in [0.05, 0.1) is 0 Å². The maximum absolute atomic E-state index is 12.3. The Morgan fingerprint density at radius 1 is 1.25 bits per heavy atom. The number of para-hydroxylation sites is 1. The number of hydrogen-bond donors (Lipinski definition) is 2. The van der Waals surface area contributed by atoms with E-state index in [9.17, 15) is 9.90 Å². The van der Waals surface area contributed by atoms with Crippen molar-refractivity contribution in [2.24, 2.45) is 5.92 Å². The molecule has 0 aromatic heterocycles. The molecule has 134 valence electrons. The topological polar surface area (TPSA) is 55.8 Å². The molecule has 1 heterocycles. The van der Waals surface area contributed by atoms with E-state index < -0.39 is 0 Å². The van der Waals surface area contributed by atoms with E-state index in [2.05, 4.69) is 29.0 Å². The number of nitrogens with one attached hydrogen (secondary N) is 1. The molecule has 2 N–H and O–H groups in total. The Hall–Kier alpha value is -1.59. The standard InChI is InChI=1S/C19H31N3O2/c1-3-21(4-2)14-11-20-19(24)16-9-12-22(13-10-16)15-17-7-5-6-8-18(17)23/h5-8,16,23H,3-4,9-15H2,1-2H3,(H,20,24). The summed E-state index contributed by atoms with van der Waals surface area (Å²) in [7, 11) is 0. The summed E-state index contributed by atoms with van der Waals surface area (Å²) >= 11 is 0. The van der Waals surface area contributed by atoms with Crippen LogP contribution in [0.2, 0.25) is 0 Å². The molecule has 0 bridgehead atoms. The minimum atomic E-state index is 0.127. The molecule has 1 aliphatic heterocycles. The number of rotatable bonds is 8. The van der Waals surface area contributed by atoms with E-state index in [0.29, 0.717) is 5.75 Å². The normalized spacial score (nSPS) is 16.5. The number of piperidine rings is 1. The van der Waals surface area contributed by atoms with Crippen LogP contribution in [-0.2, 0) is 11.3 Å². The monoisotopic (exact) mass is 333 g/mol. The van der Waals surface area contributed by atoms with Gasteiger partial charge in [-0.1, -0.05) is 32.0 Å². The lowest BCUT2D eigenvalue weighted by Crippen LogP contribution is -2.42. The average molecular weight is 333 g/mol. The fraction of sp³-hybridized carbons (Fsp3) is 0.632. The molecule has 24 heavy (non-hydrogen) atoms. The summed E-state index contributed by atoms with van der Waals surface area (Å²) in [4.78, 5) is 16.9. The number of benzene rings is 1. The Labute approximate surface area is 145 Å². The first kappa shape index (κ1) is 18.7. The van der Waals surface area contributed by atoms with Gasteiger partial charge in [0, 0.05) is 31.1 Å². The molecule has 1 saturated heterocycles. The fourth-order valence-electron chi connectivity index (χ4n) is 3.26. The van der Waals surface area contributed by atoms with Crippen LogP contribution in [0.1, 0.15) is 32.3 Å². The molecule has 2 rings (SSSR count). The number of likely N-dealkylation sites (N-methyl/N-ethyl adjacent to an activating group) is 1.